The van der Waals surface area contributed by atoms with Gasteiger partial charge in [0, 0.05) is 5.92 Å². The van der Waals surface area contributed by atoms with Gasteiger partial charge in [0.25, 0.3) is 0 Å². The molecule has 16 heavy (non-hydrogen) atoms. The van der Waals surface area contributed by atoms with Gasteiger partial charge in [-0.25, -0.2) is 9.97 Å². The van der Waals surface area contributed by atoms with Crippen molar-refractivity contribution in [1.82, 2.24) is 9.97 Å². The predicted molar refractivity (Wildman–Crippen MR) is 66.5 cm³/mol. The number of amides is 1. The van der Waals surface area contributed by atoms with Crippen molar-refractivity contribution in [2.75, 3.05) is 5.32 Å². The molecule has 3 rings (SSSR count). The van der Waals surface area contributed by atoms with Gasteiger partial charge < -0.3 is 5.32 Å². The van der Waals surface area contributed by atoms with Crippen LogP contribution in [0, 0.1) is 5.92 Å². The third-order valence-corrected chi connectivity index (χ3v) is 3.72. The van der Waals surface area contributed by atoms with E-state index in [-0.39, 0.29) is 11.8 Å². The highest BCUT2D eigenvalue weighted by Gasteiger charge is 2.30. The molecule has 1 aliphatic carbocycles. The second kappa shape index (κ2) is 3.78. The maximum Gasteiger partial charge on any atom is 0.229 e. The van der Waals surface area contributed by atoms with E-state index in [9.17, 15) is 4.79 Å². The van der Waals surface area contributed by atoms with Gasteiger partial charge in [-0.3, -0.25) is 4.79 Å². The zero-order chi connectivity index (χ0) is 11.1. The Balaban J connectivity index is 1.89. The quantitative estimate of drug-likeness (QED) is 0.867. The minimum atomic E-state index is 0.0816. The first-order valence-corrected chi connectivity index (χ1v) is 6.57. The lowest BCUT2D eigenvalue weighted by atomic mass is 10.4. The molecule has 0 spiro atoms. The number of nitrogens with one attached hydrogen (secondary N) is 1. The molecule has 0 aliphatic heterocycles. The van der Waals surface area contributed by atoms with Crippen LogP contribution in [0.4, 0.5) is 5.13 Å². The minimum Gasteiger partial charge on any atom is -0.302 e. The van der Waals surface area contributed by atoms with Gasteiger partial charge in [-0.05, 0) is 40.9 Å². The molecule has 1 aliphatic rings. The molecule has 2 aromatic rings. The van der Waals surface area contributed by atoms with E-state index in [2.05, 4.69) is 31.2 Å². The van der Waals surface area contributed by atoms with Crippen LogP contribution in [0.2, 0.25) is 0 Å². The van der Waals surface area contributed by atoms with Gasteiger partial charge in [-0.2, -0.15) is 0 Å². The van der Waals surface area contributed by atoms with Crippen molar-refractivity contribution in [3.05, 3.63) is 16.7 Å². The van der Waals surface area contributed by atoms with Crippen molar-refractivity contribution in [3.8, 4) is 0 Å². The number of hydrogen-bond acceptors (Lipinski definition) is 4. The second-order valence-corrected chi connectivity index (χ2v) is 5.53. The molecule has 82 valence electrons. The first kappa shape index (κ1) is 10.2. The fraction of sp³-hybridized carbons (Fsp3) is 0.300. The molecule has 0 radical (unpaired) electrons. The number of thiazole rings is 1. The van der Waals surface area contributed by atoms with Gasteiger partial charge in [0.15, 0.2) is 5.13 Å². The number of halogens is 1. The molecule has 1 fully saturated rings. The third-order valence-electron chi connectivity index (χ3n) is 2.40. The van der Waals surface area contributed by atoms with E-state index in [0.29, 0.717) is 5.13 Å². The summed E-state index contributed by atoms with van der Waals surface area (Å²) in [5, 5.41) is 3.46. The van der Waals surface area contributed by atoms with Crippen LogP contribution in [-0.4, -0.2) is 15.9 Å². The van der Waals surface area contributed by atoms with Crippen molar-refractivity contribution in [2.45, 2.75) is 12.8 Å². The van der Waals surface area contributed by atoms with Crippen LogP contribution in [-0.2, 0) is 4.79 Å². The summed E-state index contributed by atoms with van der Waals surface area (Å²) in [5.41, 5.74) is 0.819. The van der Waals surface area contributed by atoms with E-state index < -0.39 is 0 Å². The van der Waals surface area contributed by atoms with Crippen LogP contribution in [0.1, 0.15) is 12.8 Å². The van der Waals surface area contributed by atoms with Crippen molar-refractivity contribution >= 4 is 48.7 Å². The number of nitrogens with zero attached hydrogens (tertiary/aromatic N) is 2. The molecular weight excluding hydrogens is 290 g/mol. The van der Waals surface area contributed by atoms with E-state index in [1.807, 2.05) is 12.1 Å². The van der Waals surface area contributed by atoms with E-state index in [1.165, 1.54) is 11.3 Å². The van der Waals surface area contributed by atoms with E-state index >= 15 is 0 Å². The molecule has 1 amide bonds. The highest BCUT2D eigenvalue weighted by molar-refractivity contribution is 9.10. The fourth-order valence-corrected chi connectivity index (χ4v) is 2.67. The zero-order valence-electron chi connectivity index (χ0n) is 8.24. The highest BCUT2D eigenvalue weighted by atomic mass is 79.9. The third kappa shape index (κ3) is 1.94. The summed E-state index contributed by atoms with van der Waals surface area (Å²) in [6.45, 7) is 0. The maximum atomic E-state index is 11.5. The summed E-state index contributed by atoms with van der Waals surface area (Å²) in [6, 6.07) is 3.73. The van der Waals surface area contributed by atoms with Gasteiger partial charge in [0.05, 0.1) is 0 Å². The Morgan fingerprint density at radius 1 is 1.44 bits per heavy atom. The summed E-state index contributed by atoms with van der Waals surface area (Å²) in [5.74, 6) is 0.282. The number of hydrogen-bond donors (Lipinski definition) is 1. The number of carbonyl (C=O) groups is 1. The smallest absolute Gasteiger partial charge is 0.229 e. The minimum absolute atomic E-state index is 0.0816. The van der Waals surface area contributed by atoms with E-state index in [0.717, 1.165) is 27.8 Å². The van der Waals surface area contributed by atoms with Crippen LogP contribution in [0.15, 0.2) is 16.7 Å². The fourth-order valence-electron chi connectivity index (χ4n) is 1.40. The summed E-state index contributed by atoms with van der Waals surface area (Å²) < 4.78 is 0.781. The standard InChI is InChI=1S/C10H8BrN3OS/c11-7-4-3-6-9(13-7)16-10(12-6)14-8(15)5-1-2-5/h3-5H,1-2H2,(H,12,14,15). The zero-order valence-corrected chi connectivity index (χ0v) is 10.6. The average Bonchev–Trinajstić information content (AvgIpc) is 3.00. The Hall–Kier alpha value is -1.01. The number of carbonyl (C=O) groups excluding carboxylic acids is 1. The summed E-state index contributed by atoms with van der Waals surface area (Å²) >= 11 is 4.71. The summed E-state index contributed by atoms with van der Waals surface area (Å²) in [7, 11) is 0. The molecular formula is C10H8BrN3OS. The average molecular weight is 298 g/mol. The first-order chi connectivity index (χ1) is 7.72. The van der Waals surface area contributed by atoms with E-state index in [4.69, 9.17) is 0 Å². The van der Waals surface area contributed by atoms with Crippen molar-refractivity contribution in [1.29, 1.82) is 0 Å². The Morgan fingerprint density at radius 2 is 2.25 bits per heavy atom. The molecule has 1 saturated carbocycles. The molecule has 0 unspecified atom stereocenters. The highest BCUT2D eigenvalue weighted by Crippen LogP contribution is 2.32. The molecule has 2 heterocycles. The topological polar surface area (TPSA) is 54.9 Å². The Labute approximate surface area is 104 Å². The van der Waals surface area contributed by atoms with Crippen LogP contribution in [0.5, 0.6) is 0 Å². The van der Waals surface area contributed by atoms with Gasteiger partial charge in [-0.15, -0.1) is 0 Å². The van der Waals surface area contributed by atoms with Crippen LogP contribution in [0.3, 0.4) is 0 Å². The van der Waals surface area contributed by atoms with Crippen LogP contribution >= 0.6 is 27.3 Å². The van der Waals surface area contributed by atoms with Gasteiger partial charge in [0.1, 0.15) is 15.0 Å². The number of fused-ring (bicyclic) bond motifs is 1. The van der Waals surface area contributed by atoms with Crippen molar-refractivity contribution < 1.29 is 4.79 Å². The van der Waals surface area contributed by atoms with Crippen molar-refractivity contribution in [3.63, 3.8) is 0 Å². The lowest BCUT2D eigenvalue weighted by molar-refractivity contribution is -0.117. The first-order valence-electron chi connectivity index (χ1n) is 4.96. The van der Waals surface area contributed by atoms with Gasteiger partial charge in [-0.1, -0.05) is 11.3 Å². The molecule has 0 saturated heterocycles. The Bertz CT molecular complexity index is 564. The monoisotopic (exact) mass is 297 g/mol. The van der Waals surface area contributed by atoms with Gasteiger partial charge in [0.2, 0.25) is 5.91 Å². The molecule has 0 aromatic carbocycles. The Kier molecular flexibility index (Phi) is 2.40. The number of rotatable bonds is 2. The van der Waals surface area contributed by atoms with Gasteiger partial charge >= 0.3 is 0 Å². The van der Waals surface area contributed by atoms with Crippen molar-refractivity contribution in [2.24, 2.45) is 5.92 Å². The SMILES string of the molecule is O=C(Nc1nc2ccc(Br)nc2s1)C1CC1. The Morgan fingerprint density at radius 3 is 3.00 bits per heavy atom. The number of aromatic nitrogens is 2. The maximum absolute atomic E-state index is 11.5. The second-order valence-electron chi connectivity index (χ2n) is 3.74. The largest absolute Gasteiger partial charge is 0.302 e. The predicted octanol–water partition coefficient (Wildman–Crippen LogP) is 2.80. The lowest BCUT2D eigenvalue weighted by Gasteiger charge is -1.96. The summed E-state index contributed by atoms with van der Waals surface area (Å²) in [4.78, 5) is 21.0. The molecule has 0 bridgehead atoms. The normalized spacial score (nSPS) is 15.3. The molecule has 0 atom stereocenters. The summed E-state index contributed by atoms with van der Waals surface area (Å²) in [6.07, 6.45) is 2.00. The molecule has 4 nitrogen and oxygen atoms in total. The van der Waals surface area contributed by atoms with Crippen LogP contribution in [0.25, 0.3) is 10.3 Å². The van der Waals surface area contributed by atoms with E-state index in [1.54, 1.807) is 0 Å². The number of pyridine rings is 1. The number of anilines is 1. The molecule has 6 heteroatoms. The van der Waals surface area contributed by atoms with Crippen LogP contribution < -0.4 is 5.32 Å². The lowest BCUT2D eigenvalue weighted by Crippen LogP contribution is -2.12. The molecule has 1 N–H and O–H groups in total. The molecule has 2 aromatic heterocycles.